The van der Waals surface area contributed by atoms with Crippen LogP contribution in [-0.4, -0.2) is 34.0 Å². The van der Waals surface area contributed by atoms with Crippen molar-refractivity contribution in [3.8, 4) is 11.6 Å². The molecule has 6 nitrogen and oxygen atoms in total. The van der Waals surface area contributed by atoms with Gasteiger partial charge in [0.1, 0.15) is 5.82 Å². The maximum Gasteiger partial charge on any atom is 0.238 e. The van der Waals surface area contributed by atoms with Gasteiger partial charge in [-0.1, -0.05) is 24.2 Å². The summed E-state index contributed by atoms with van der Waals surface area (Å²) >= 11 is 0. The highest BCUT2D eigenvalue weighted by Gasteiger charge is 2.16. The first-order chi connectivity index (χ1) is 12.7. The van der Waals surface area contributed by atoms with Crippen molar-refractivity contribution in [3.63, 3.8) is 0 Å². The summed E-state index contributed by atoms with van der Waals surface area (Å²) in [5.74, 6) is 1.06. The molecule has 3 aromatic rings. The summed E-state index contributed by atoms with van der Waals surface area (Å²) in [6, 6.07) is 9.49. The lowest BCUT2D eigenvalue weighted by atomic mass is 10.1. The third-order valence-corrected chi connectivity index (χ3v) is 3.92. The van der Waals surface area contributed by atoms with Gasteiger partial charge in [-0.25, -0.2) is 4.39 Å². The van der Waals surface area contributed by atoms with Gasteiger partial charge in [0.25, 0.3) is 0 Å². The summed E-state index contributed by atoms with van der Waals surface area (Å²) in [5, 5.41) is 3.88. The Bertz CT molecular complexity index is 828. The highest BCUT2D eigenvalue weighted by molar-refractivity contribution is 5.78. The molecule has 1 amide bonds. The molecule has 0 aliphatic carbocycles. The monoisotopic (exact) mass is 357 g/mol. The van der Waals surface area contributed by atoms with Crippen LogP contribution in [0.25, 0.3) is 11.6 Å². The van der Waals surface area contributed by atoms with Gasteiger partial charge in [0.2, 0.25) is 17.6 Å². The lowest BCUT2D eigenvalue weighted by molar-refractivity contribution is -0.130. The summed E-state index contributed by atoms with van der Waals surface area (Å²) < 4.78 is 23.5. The minimum Gasteiger partial charge on any atom is -0.461 e. The van der Waals surface area contributed by atoms with Gasteiger partial charge in [0.05, 0.1) is 12.7 Å². The number of aromatic nitrogens is 2. The zero-order chi connectivity index (χ0) is 18.4. The third kappa shape index (κ3) is 4.56. The molecule has 3 rings (SSSR count). The maximum absolute atomic E-state index is 13.0. The van der Waals surface area contributed by atoms with Gasteiger partial charge in [-0.2, -0.15) is 4.98 Å². The molecule has 0 atom stereocenters. The Morgan fingerprint density at radius 2 is 2.00 bits per heavy atom. The summed E-state index contributed by atoms with van der Waals surface area (Å²) in [5.41, 5.74) is 0.787. The van der Waals surface area contributed by atoms with Crippen LogP contribution in [0.4, 0.5) is 4.39 Å². The molecule has 0 saturated heterocycles. The van der Waals surface area contributed by atoms with Crippen LogP contribution in [0.1, 0.15) is 24.8 Å². The average molecular weight is 357 g/mol. The highest BCUT2D eigenvalue weighted by Crippen LogP contribution is 2.16. The molecule has 0 aliphatic heterocycles. The van der Waals surface area contributed by atoms with E-state index >= 15 is 0 Å². The van der Waals surface area contributed by atoms with Crippen LogP contribution >= 0.6 is 0 Å². The molecule has 1 aromatic carbocycles. The summed E-state index contributed by atoms with van der Waals surface area (Å²) in [6.07, 6.45) is 3.09. The highest BCUT2D eigenvalue weighted by atomic mass is 19.1. The Morgan fingerprint density at radius 1 is 1.19 bits per heavy atom. The first kappa shape index (κ1) is 17.8. The summed E-state index contributed by atoms with van der Waals surface area (Å²) in [7, 11) is 0. The normalized spacial score (nSPS) is 10.8. The summed E-state index contributed by atoms with van der Waals surface area (Å²) in [4.78, 5) is 18.6. The number of amides is 1. The Morgan fingerprint density at radius 3 is 2.69 bits per heavy atom. The fourth-order valence-corrected chi connectivity index (χ4v) is 2.61. The van der Waals surface area contributed by atoms with Gasteiger partial charge in [0.15, 0.2) is 5.76 Å². The standard InChI is InChI=1S/C19H20FN3O3/c1-2-10-23(18(24)13-14-5-7-15(20)8-6-14)11-9-17-21-19(22-26-17)16-4-3-12-25-16/h3-8,12H,2,9-11,13H2,1H3. The fraction of sp³-hybridized carbons (Fsp3) is 0.316. The van der Waals surface area contributed by atoms with Crippen molar-refractivity contribution in [2.24, 2.45) is 0 Å². The molecule has 0 spiro atoms. The zero-order valence-corrected chi connectivity index (χ0v) is 14.5. The number of rotatable bonds is 8. The van der Waals surface area contributed by atoms with E-state index < -0.39 is 0 Å². The van der Waals surface area contributed by atoms with Crippen molar-refractivity contribution in [1.29, 1.82) is 0 Å². The Labute approximate surface area is 150 Å². The number of carbonyl (C=O) groups excluding carboxylic acids is 1. The van der Waals surface area contributed by atoms with E-state index in [0.717, 1.165) is 12.0 Å². The van der Waals surface area contributed by atoms with Gasteiger partial charge in [-0.05, 0) is 36.2 Å². The van der Waals surface area contributed by atoms with Crippen LogP contribution in [0.15, 0.2) is 51.6 Å². The second-order valence-corrected chi connectivity index (χ2v) is 5.92. The van der Waals surface area contributed by atoms with Gasteiger partial charge in [-0.3, -0.25) is 4.79 Å². The first-order valence-corrected chi connectivity index (χ1v) is 8.54. The van der Waals surface area contributed by atoms with Crippen molar-refractivity contribution in [1.82, 2.24) is 15.0 Å². The molecule has 0 radical (unpaired) electrons. The molecule has 0 unspecified atom stereocenters. The van der Waals surface area contributed by atoms with Gasteiger partial charge >= 0.3 is 0 Å². The lowest BCUT2D eigenvalue weighted by Crippen LogP contribution is -2.34. The molecule has 2 heterocycles. The molecule has 26 heavy (non-hydrogen) atoms. The average Bonchev–Trinajstić information content (AvgIpc) is 3.32. The van der Waals surface area contributed by atoms with Crippen LogP contribution < -0.4 is 0 Å². The zero-order valence-electron chi connectivity index (χ0n) is 14.5. The molecule has 0 aliphatic rings. The van der Waals surface area contributed by atoms with Gasteiger partial charge in [0, 0.05) is 19.5 Å². The Balaban J connectivity index is 1.59. The predicted molar refractivity (Wildman–Crippen MR) is 92.7 cm³/mol. The van der Waals surface area contributed by atoms with Crippen LogP contribution in [-0.2, 0) is 17.6 Å². The molecular weight excluding hydrogens is 337 g/mol. The largest absolute Gasteiger partial charge is 0.461 e. The van der Waals surface area contributed by atoms with Crippen molar-refractivity contribution < 1.29 is 18.1 Å². The van der Waals surface area contributed by atoms with E-state index in [4.69, 9.17) is 8.94 Å². The van der Waals surface area contributed by atoms with E-state index in [1.54, 1.807) is 35.4 Å². The maximum atomic E-state index is 13.0. The molecule has 0 fully saturated rings. The number of halogens is 1. The first-order valence-electron chi connectivity index (χ1n) is 8.54. The van der Waals surface area contributed by atoms with Crippen molar-refractivity contribution in [2.45, 2.75) is 26.2 Å². The van der Waals surface area contributed by atoms with Crippen LogP contribution in [0.2, 0.25) is 0 Å². The molecular formula is C19H20FN3O3. The number of hydrogen-bond acceptors (Lipinski definition) is 5. The van der Waals surface area contributed by atoms with E-state index in [1.165, 1.54) is 12.1 Å². The minimum atomic E-state index is -0.310. The quantitative estimate of drug-likeness (QED) is 0.617. The topological polar surface area (TPSA) is 72.4 Å². The molecule has 7 heteroatoms. The molecule has 136 valence electrons. The lowest BCUT2D eigenvalue weighted by Gasteiger charge is -2.21. The minimum absolute atomic E-state index is 0.00997. The molecule has 0 bridgehead atoms. The van der Waals surface area contributed by atoms with E-state index in [9.17, 15) is 9.18 Å². The number of carbonyl (C=O) groups is 1. The van der Waals surface area contributed by atoms with Crippen LogP contribution in [0.3, 0.4) is 0 Å². The SMILES string of the molecule is CCCN(CCc1nc(-c2ccco2)no1)C(=O)Cc1ccc(F)cc1. The van der Waals surface area contributed by atoms with Crippen molar-refractivity contribution in [2.75, 3.05) is 13.1 Å². The van der Waals surface area contributed by atoms with Crippen LogP contribution in [0, 0.1) is 5.82 Å². The molecule has 0 N–H and O–H groups in total. The number of nitrogens with zero attached hydrogens (tertiary/aromatic N) is 3. The Hall–Kier alpha value is -2.96. The fourth-order valence-electron chi connectivity index (χ4n) is 2.61. The molecule has 2 aromatic heterocycles. The number of hydrogen-bond donors (Lipinski definition) is 0. The van der Waals surface area contributed by atoms with E-state index in [-0.39, 0.29) is 18.1 Å². The van der Waals surface area contributed by atoms with E-state index in [2.05, 4.69) is 10.1 Å². The Kier molecular flexibility index (Phi) is 5.78. The van der Waals surface area contributed by atoms with E-state index in [0.29, 0.717) is 37.0 Å². The van der Waals surface area contributed by atoms with Crippen molar-refractivity contribution >= 4 is 5.91 Å². The second kappa shape index (κ2) is 8.42. The van der Waals surface area contributed by atoms with Crippen LogP contribution in [0.5, 0.6) is 0 Å². The van der Waals surface area contributed by atoms with Crippen molar-refractivity contribution in [3.05, 3.63) is 59.9 Å². The number of furan rings is 1. The van der Waals surface area contributed by atoms with Gasteiger partial charge < -0.3 is 13.8 Å². The van der Waals surface area contributed by atoms with Gasteiger partial charge in [-0.15, -0.1) is 0 Å². The number of benzene rings is 1. The smallest absolute Gasteiger partial charge is 0.238 e. The van der Waals surface area contributed by atoms with E-state index in [1.807, 2.05) is 6.92 Å². The second-order valence-electron chi connectivity index (χ2n) is 5.92. The molecule has 0 saturated carbocycles. The summed E-state index contributed by atoms with van der Waals surface area (Å²) in [6.45, 7) is 3.13. The third-order valence-electron chi connectivity index (χ3n) is 3.92. The predicted octanol–water partition coefficient (Wildman–Crippen LogP) is 3.49.